The van der Waals surface area contributed by atoms with Gasteiger partial charge in [0.15, 0.2) is 0 Å². The number of aromatic nitrogens is 2. The lowest BCUT2D eigenvalue weighted by Crippen LogP contribution is -2.54. The van der Waals surface area contributed by atoms with E-state index in [0.29, 0.717) is 12.2 Å². The first kappa shape index (κ1) is 32.3. The average Bonchev–Trinajstić information content (AvgIpc) is 3.71. The van der Waals surface area contributed by atoms with Gasteiger partial charge in [0, 0.05) is 13.1 Å². The van der Waals surface area contributed by atoms with Crippen LogP contribution in [-0.2, 0) is 20.8 Å². The number of carbonyl (C=O) groups excluding carboxylic acids is 3. The van der Waals surface area contributed by atoms with Crippen molar-refractivity contribution in [1.29, 1.82) is 0 Å². The second-order valence-electron chi connectivity index (χ2n) is 11.1. The Labute approximate surface area is 248 Å². The molecule has 2 atom stereocenters. The maximum absolute atomic E-state index is 12.5. The smallest absolute Gasteiger partial charge is 0.248 e. The van der Waals surface area contributed by atoms with E-state index in [1.54, 1.807) is 21.0 Å². The highest BCUT2D eigenvalue weighted by Gasteiger charge is 2.28. The first-order valence-corrected chi connectivity index (χ1v) is 14.4. The summed E-state index contributed by atoms with van der Waals surface area (Å²) in [7, 11) is 1.65. The summed E-state index contributed by atoms with van der Waals surface area (Å²) in [5.74, 6) is 0.840. The molecule has 10 nitrogen and oxygen atoms in total. The lowest BCUT2D eigenvalue weighted by Gasteiger charge is -2.23. The minimum absolute atomic E-state index is 0.0565. The first-order chi connectivity index (χ1) is 20.1. The molecule has 42 heavy (non-hydrogen) atoms. The number of nitrogens with two attached hydrogens (primary N) is 1. The minimum atomic E-state index is -1.05. The van der Waals surface area contributed by atoms with Crippen molar-refractivity contribution in [2.24, 2.45) is 5.73 Å². The molecule has 5 N–H and O–H groups in total. The molecule has 2 unspecified atom stereocenters. The Morgan fingerprint density at radius 3 is 2.31 bits per heavy atom. The molecule has 1 aliphatic rings. The molecule has 226 valence electrons. The molecule has 0 spiro atoms. The molecule has 0 saturated carbocycles. The summed E-state index contributed by atoms with van der Waals surface area (Å²) in [6.07, 6.45) is 7.36. The molecule has 2 aromatic carbocycles. The number of hydrogen-bond donors (Lipinski definition) is 4. The fraction of sp³-hybridized carbons (Fsp3) is 0.438. The van der Waals surface area contributed by atoms with Crippen molar-refractivity contribution >= 4 is 23.5 Å². The van der Waals surface area contributed by atoms with Gasteiger partial charge in [-0.2, -0.15) is 0 Å². The van der Waals surface area contributed by atoms with Gasteiger partial charge in [-0.15, -0.1) is 0 Å². The van der Waals surface area contributed by atoms with E-state index in [4.69, 9.17) is 10.5 Å². The molecule has 0 radical (unpaired) electrons. The highest BCUT2D eigenvalue weighted by atomic mass is 16.5. The molecule has 4 rings (SSSR count). The SMILES string of the molecule is CC(C)(N)C(=O)NC(CCCc1ccccc1)C(=O)Nc1cnc[nH]1.COc1ccc(C(C)C(=O)N2CCCC2)cc1. The Bertz CT molecular complexity index is 1250. The molecule has 0 aliphatic carbocycles. The van der Waals surface area contributed by atoms with Crippen LogP contribution < -0.4 is 21.1 Å². The van der Waals surface area contributed by atoms with E-state index in [1.165, 1.54) is 18.1 Å². The monoisotopic (exact) mass is 576 g/mol. The number of carbonyl (C=O) groups is 3. The van der Waals surface area contributed by atoms with Gasteiger partial charge in [0.25, 0.3) is 0 Å². The predicted octanol–water partition coefficient (Wildman–Crippen LogP) is 4.01. The quantitative estimate of drug-likeness (QED) is 0.272. The number of methoxy groups -OCH3 is 1. The third kappa shape index (κ3) is 10.0. The first-order valence-electron chi connectivity index (χ1n) is 14.4. The zero-order valence-electron chi connectivity index (χ0n) is 25.1. The van der Waals surface area contributed by atoms with E-state index < -0.39 is 11.6 Å². The zero-order valence-corrected chi connectivity index (χ0v) is 25.1. The number of aromatic amines is 1. The van der Waals surface area contributed by atoms with Gasteiger partial charge >= 0.3 is 0 Å². The maximum atomic E-state index is 12.5. The second kappa shape index (κ2) is 15.7. The van der Waals surface area contributed by atoms with Crippen molar-refractivity contribution in [3.63, 3.8) is 0 Å². The van der Waals surface area contributed by atoms with Gasteiger partial charge in [-0.3, -0.25) is 14.4 Å². The van der Waals surface area contributed by atoms with E-state index in [1.807, 2.05) is 66.4 Å². The molecule has 1 saturated heterocycles. The lowest BCUT2D eigenvalue weighted by atomic mass is 10.00. The van der Waals surface area contributed by atoms with Crippen LogP contribution in [0.4, 0.5) is 5.82 Å². The number of imidazole rings is 1. The Morgan fingerprint density at radius 2 is 1.74 bits per heavy atom. The summed E-state index contributed by atoms with van der Waals surface area (Å²) in [5, 5.41) is 5.46. The van der Waals surface area contributed by atoms with Crippen molar-refractivity contribution in [1.82, 2.24) is 20.2 Å². The van der Waals surface area contributed by atoms with Crippen LogP contribution in [0.2, 0.25) is 0 Å². The van der Waals surface area contributed by atoms with Gasteiger partial charge in [-0.25, -0.2) is 4.98 Å². The Balaban J connectivity index is 0.000000247. The van der Waals surface area contributed by atoms with Crippen LogP contribution in [0.3, 0.4) is 0 Å². The molecule has 10 heteroatoms. The van der Waals surface area contributed by atoms with Gasteiger partial charge in [-0.1, -0.05) is 42.5 Å². The molecule has 1 aliphatic heterocycles. The number of nitrogens with zero attached hydrogens (tertiary/aromatic N) is 2. The van der Waals surface area contributed by atoms with Crippen LogP contribution in [0.5, 0.6) is 5.75 Å². The Hall–Kier alpha value is -4.18. The highest BCUT2D eigenvalue weighted by Crippen LogP contribution is 2.23. The molecular weight excluding hydrogens is 532 g/mol. The van der Waals surface area contributed by atoms with Crippen molar-refractivity contribution in [2.45, 2.75) is 70.4 Å². The number of likely N-dealkylation sites (tertiary alicyclic amines) is 1. The third-order valence-corrected chi connectivity index (χ3v) is 7.17. The van der Waals surface area contributed by atoms with Crippen molar-refractivity contribution in [3.8, 4) is 5.75 Å². The van der Waals surface area contributed by atoms with Crippen LogP contribution in [0.25, 0.3) is 0 Å². The number of aryl methyl sites for hydroxylation is 1. The zero-order chi connectivity index (χ0) is 30.5. The molecule has 1 fully saturated rings. The van der Waals surface area contributed by atoms with E-state index in [9.17, 15) is 14.4 Å². The average molecular weight is 577 g/mol. The summed E-state index contributed by atoms with van der Waals surface area (Å²) in [6, 6.07) is 17.1. The Kier molecular flexibility index (Phi) is 12.1. The van der Waals surface area contributed by atoms with E-state index >= 15 is 0 Å². The minimum Gasteiger partial charge on any atom is -0.497 e. The van der Waals surface area contributed by atoms with E-state index in [-0.39, 0.29) is 23.6 Å². The van der Waals surface area contributed by atoms with Gasteiger partial charge in [-0.05, 0) is 76.1 Å². The third-order valence-electron chi connectivity index (χ3n) is 7.17. The maximum Gasteiger partial charge on any atom is 0.248 e. The van der Waals surface area contributed by atoms with Gasteiger partial charge < -0.3 is 31.0 Å². The van der Waals surface area contributed by atoms with Crippen LogP contribution >= 0.6 is 0 Å². The number of benzene rings is 2. The summed E-state index contributed by atoms with van der Waals surface area (Å²) >= 11 is 0. The molecular formula is C32H44N6O4. The number of nitrogens with one attached hydrogen (secondary N) is 3. The van der Waals surface area contributed by atoms with Gasteiger partial charge in [0.2, 0.25) is 17.7 Å². The van der Waals surface area contributed by atoms with Crippen molar-refractivity contribution < 1.29 is 19.1 Å². The normalized spacial score (nSPS) is 14.3. The van der Waals surface area contributed by atoms with E-state index in [0.717, 1.165) is 50.1 Å². The molecule has 1 aromatic heterocycles. The predicted molar refractivity (Wildman–Crippen MR) is 164 cm³/mol. The fourth-order valence-electron chi connectivity index (χ4n) is 4.56. The standard InChI is InChI=1S/C18H25N5O2.C14H19NO2/c1-18(2,19)17(25)22-14(16(24)23-15-11-20-12-21-15)10-6-9-13-7-4-3-5-8-13;1-11(14(16)15-9-3-4-10-15)12-5-7-13(17-2)8-6-12/h3-5,7-8,11-12,14H,6,9-10,19H2,1-2H3,(H,20,21)(H,22,25)(H,23,24);5-8,11H,3-4,9-10H2,1-2H3. The number of ether oxygens (including phenoxy) is 1. The number of H-pyrrole nitrogens is 1. The molecule has 2 heterocycles. The molecule has 3 aromatic rings. The van der Waals surface area contributed by atoms with Crippen molar-refractivity contribution in [3.05, 3.63) is 78.2 Å². The topological polar surface area (TPSA) is 142 Å². The van der Waals surface area contributed by atoms with E-state index in [2.05, 4.69) is 20.6 Å². The molecule has 3 amide bonds. The summed E-state index contributed by atoms with van der Waals surface area (Å²) in [5.41, 5.74) is 7.03. The number of hydrogen-bond acceptors (Lipinski definition) is 6. The van der Waals surface area contributed by atoms with Crippen LogP contribution in [-0.4, -0.2) is 64.4 Å². The van der Waals surface area contributed by atoms with Gasteiger partial charge in [0.05, 0.1) is 31.1 Å². The van der Waals surface area contributed by atoms with Crippen LogP contribution in [0.15, 0.2) is 67.1 Å². The number of rotatable bonds is 11. The summed E-state index contributed by atoms with van der Waals surface area (Å²) < 4.78 is 5.11. The number of amides is 3. The van der Waals surface area contributed by atoms with Crippen LogP contribution in [0.1, 0.15) is 63.5 Å². The molecule has 0 bridgehead atoms. The second-order valence-corrected chi connectivity index (χ2v) is 11.1. The fourth-order valence-corrected chi connectivity index (χ4v) is 4.56. The van der Waals surface area contributed by atoms with Gasteiger partial charge in [0.1, 0.15) is 17.6 Å². The summed E-state index contributed by atoms with van der Waals surface area (Å²) in [6.45, 7) is 7.02. The van der Waals surface area contributed by atoms with Crippen molar-refractivity contribution in [2.75, 3.05) is 25.5 Å². The largest absolute Gasteiger partial charge is 0.497 e. The van der Waals surface area contributed by atoms with Crippen LogP contribution in [0, 0.1) is 0 Å². The Morgan fingerprint density at radius 1 is 1.07 bits per heavy atom. The highest BCUT2D eigenvalue weighted by molar-refractivity contribution is 5.97. The number of anilines is 1. The summed E-state index contributed by atoms with van der Waals surface area (Å²) in [4.78, 5) is 45.5. The lowest BCUT2D eigenvalue weighted by molar-refractivity contribution is -0.131.